The number of morpholine rings is 1. The van der Waals surface area contributed by atoms with E-state index in [0.29, 0.717) is 18.2 Å². The fourth-order valence-corrected chi connectivity index (χ4v) is 3.00. The fourth-order valence-electron chi connectivity index (χ4n) is 3.00. The van der Waals surface area contributed by atoms with Gasteiger partial charge in [0.1, 0.15) is 0 Å². The van der Waals surface area contributed by atoms with Gasteiger partial charge in [-0.1, -0.05) is 12.1 Å². The molecule has 1 aromatic heterocycles. The Kier molecular flexibility index (Phi) is 4.55. The van der Waals surface area contributed by atoms with Crippen LogP contribution in [0.15, 0.2) is 10.6 Å². The number of rotatable bonds is 3. The number of likely N-dealkylation sites (tertiary alicyclic amines) is 1. The molecule has 6 nitrogen and oxygen atoms in total. The zero-order valence-corrected chi connectivity index (χ0v) is 12.6. The van der Waals surface area contributed by atoms with Crippen molar-refractivity contribution >= 4 is 5.91 Å². The highest BCUT2D eigenvalue weighted by molar-refractivity contribution is 5.92. The van der Waals surface area contributed by atoms with Crippen molar-refractivity contribution in [1.82, 2.24) is 15.0 Å². The third-order valence-electron chi connectivity index (χ3n) is 4.21. The van der Waals surface area contributed by atoms with E-state index < -0.39 is 0 Å². The Bertz CT molecular complexity index is 482. The second kappa shape index (κ2) is 6.58. The lowest BCUT2D eigenvalue weighted by Gasteiger charge is -2.30. The van der Waals surface area contributed by atoms with Gasteiger partial charge in [0.15, 0.2) is 11.5 Å². The molecular formula is C15H23N3O3. The fraction of sp³-hybridized carbons (Fsp3) is 0.733. The van der Waals surface area contributed by atoms with Gasteiger partial charge in [0.25, 0.3) is 5.91 Å². The SMILES string of the molecule is CC1CCCN(C(=O)c2cc(CN3CCOCC3)on2)C1. The molecule has 6 heteroatoms. The monoisotopic (exact) mass is 293 g/mol. The topological polar surface area (TPSA) is 58.8 Å². The minimum Gasteiger partial charge on any atom is -0.379 e. The molecule has 0 saturated carbocycles. The van der Waals surface area contributed by atoms with E-state index in [-0.39, 0.29) is 5.91 Å². The van der Waals surface area contributed by atoms with E-state index in [4.69, 9.17) is 9.26 Å². The molecule has 0 N–H and O–H groups in total. The molecule has 2 aliphatic heterocycles. The van der Waals surface area contributed by atoms with Crippen LogP contribution in [0.25, 0.3) is 0 Å². The zero-order chi connectivity index (χ0) is 14.7. The van der Waals surface area contributed by atoms with Crippen LogP contribution >= 0.6 is 0 Å². The molecule has 1 aromatic rings. The second-order valence-corrected chi connectivity index (χ2v) is 6.07. The number of amides is 1. The first-order valence-electron chi connectivity index (χ1n) is 7.77. The normalized spacial score (nSPS) is 24.2. The molecule has 2 fully saturated rings. The first-order chi connectivity index (χ1) is 10.2. The maximum absolute atomic E-state index is 12.4. The summed E-state index contributed by atoms with van der Waals surface area (Å²) in [6.07, 6.45) is 2.27. The Hall–Kier alpha value is -1.40. The van der Waals surface area contributed by atoms with Gasteiger partial charge in [-0.3, -0.25) is 9.69 Å². The van der Waals surface area contributed by atoms with E-state index in [0.717, 1.165) is 51.6 Å². The van der Waals surface area contributed by atoms with Crippen LogP contribution in [-0.2, 0) is 11.3 Å². The van der Waals surface area contributed by atoms with Crippen LogP contribution in [0.1, 0.15) is 36.0 Å². The molecule has 0 aliphatic carbocycles. The lowest BCUT2D eigenvalue weighted by Crippen LogP contribution is -2.39. The minimum atomic E-state index is -0.00136. The number of nitrogens with zero attached hydrogens (tertiary/aromatic N) is 3. The number of ether oxygens (including phenoxy) is 1. The van der Waals surface area contributed by atoms with E-state index in [9.17, 15) is 4.79 Å². The Morgan fingerprint density at radius 1 is 1.38 bits per heavy atom. The summed E-state index contributed by atoms with van der Waals surface area (Å²) in [5.74, 6) is 1.33. The number of carbonyl (C=O) groups excluding carboxylic acids is 1. The van der Waals surface area contributed by atoms with Crippen LogP contribution in [-0.4, -0.2) is 60.3 Å². The van der Waals surface area contributed by atoms with Crippen molar-refractivity contribution in [2.75, 3.05) is 39.4 Å². The van der Waals surface area contributed by atoms with Crippen molar-refractivity contribution in [2.45, 2.75) is 26.3 Å². The molecular weight excluding hydrogens is 270 g/mol. The highest BCUT2D eigenvalue weighted by atomic mass is 16.5. The van der Waals surface area contributed by atoms with Crippen molar-refractivity contribution < 1.29 is 14.1 Å². The molecule has 21 heavy (non-hydrogen) atoms. The lowest BCUT2D eigenvalue weighted by molar-refractivity contribution is 0.0305. The van der Waals surface area contributed by atoms with E-state index in [2.05, 4.69) is 17.0 Å². The van der Waals surface area contributed by atoms with Crippen molar-refractivity contribution in [2.24, 2.45) is 5.92 Å². The van der Waals surface area contributed by atoms with Crippen LogP contribution in [0.2, 0.25) is 0 Å². The summed E-state index contributed by atoms with van der Waals surface area (Å²) in [5.41, 5.74) is 0.437. The number of aromatic nitrogens is 1. The van der Waals surface area contributed by atoms with Crippen LogP contribution < -0.4 is 0 Å². The van der Waals surface area contributed by atoms with Gasteiger partial charge in [0, 0.05) is 32.2 Å². The van der Waals surface area contributed by atoms with Crippen LogP contribution in [0.5, 0.6) is 0 Å². The summed E-state index contributed by atoms with van der Waals surface area (Å²) in [6, 6.07) is 1.79. The number of hydrogen-bond donors (Lipinski definition) is 0. The predicted octanol–water partition coefficient (Wildman–Crippen LogP) is 1.38. The largest absolute Gasteiger partial charge is 0.379 e. The zero-order valence-electron chi connectivity index (χ0n) is 12.6. The Morgan fingerprint density at radius 2 is 2.19 bits per heavy atom. The van der Waals surface area contributed by atoms with Gasteiger partial charge in [0.05, 0.1) is 19.8 Å². The summed E-state index contributed by atoms with van der Waals surface area (Å²) in [4.78, 5) is 16.6. The highest BCUT2D eigenvalue weighted by Crippen LogP contribution is 2.18. The molecule has 2 aliphatic rings. The molecule has 1 atom stereocenters. The molecule has 1 amide bonds. The van der Waals surface area contributed by atoms with Gasteiger partial charge in [-0.15, -0.1) is 0 Å². The highest BCUT2D eigenvalue weighted by Gasteiger charge is 2.25. The Morgan fingerprint density at radius 3 is 2.95 bits per heavy atom. The number of hydrogen-bond acceptors (Lipinski definition) is 5. The van der Waals surface area contributed by atoms with Gasteiger partial charge in [-0.25, -0.2) is 0 Å². The quantitative estimate of drug-likeness (QED) is 0.842. The molecule has 3 heterocycles. The first kappa shape index (κ1) is 14.5. The van der Waals surface area contributed by atoms with Crippen molar-refractivity contribution in [1.29, 1.82) is 0 Å². The van der Waals surface area contributed by atoms with Crippen molar-refractivity contribution in [3.05, 3.63) is 17.5 Å². The van der Waals surface area contributed by atoms with E-state index in [1.54, 1.807) is 6.07 Å². The minimum absolute atomic E-state index is 0.00136. The molecule has 0 bridgehead atoms. The van der Waals surface area contributed by atoms with E-state index >= 15 is 0 Å². The number of piperidine rings is 1. The summed E-state index contributed by atoms with van der Waals surface area (Å²) in [6.45, 7) is 7.84. The van der Waals surface area contributed by atoms with Crippen molar-refractivity contribution in [3.8, 4) is 0 Å². The van der Waals surface area contributed by atoms with Crippen LogP contribution in [0, 0.1) is 5.92 Å². The predicted molar refractivity (Wildman–Crippen MR) is 76.9 cm³/mol. The van der Waals surface area contributed by atoms with E-state index in [1.807, 2.05) is 4.90 Å². The Balaban J connectivity index is 1.59. The van der Waals surface area contributed by atoms with Gasteiger partial charge < -0.3 is 14.2 Å². The maximum atomic E-state index is 12.4. The standard InChI is InChI=1S/C15H23N3O3/c1-12-3-2-4-18(10-12)15(19)14-9-13(21-16-14)11-17-5-7-20-8-6-17/h9,12H,2-8,10-11H2,1H3. The second-order valence-electron chi connectivity index (χ2n) is 6.07. The summed E-state index contributed by atoms with van der Waals surface area (Å²) >= 11 is 0. The van der Waals surface area contributed by atoms with Crippen molar-refractivity contribution in [3.63, 3.8) is 0 Å². The molecule has 2 saturated heterocycles. The average molecular weight is 293 g/mol. The number of carbonyl (C=O) groups is 1. The van der Waals surface area contributed by atoms with Gasteiger partial charge in [0.2, 0.25) is 0 Å². The third-order valence-corrected chi connectivity index (χ3v) is 4.21. The van der Waals surface area contributed by atoms with Gasteiger partial charge in [-0.05, 0) is 18.8 Å². The molecule has 0 aromatic carbocycles. The smallest absolute Gasteiger partial charge is 0.276 e. The average Bonchev–Trinajstić information content (AvgIpc) is 2.96. The summed E-state index contributed by atoms with van der Waals surface area (Å²) in [7, 11) is 0. The molecule has 1 unspecified atom stereocenters. The van der Waals surface area contributed by atoms with Crippen LogP contribution in [0.4, 0.5) is 0 Å². The summed E-state index contributed by atoms with van der Waals surface area (Å²) < 4.78 is 10.6. The summed E-state index contributed by atoms with van der Waals surface area (Å²) in [5, 5.41) is 3.96. The molecule has 0 radical (unpaired) electrons. The third kappa shape index (κ3) is 3.63. The maximum Gasteiger partial charge on any atom is 0.276 e. The molecule has 0 spiro atoms. The Labute approximate surface area is 125 Å². The van der Waals surface area contributed by atoms with Crippen LogP contribution in [0.3, 0.4) is 0 Å². The van der Waals surface area contributed by atoms with Gasteiger partial charge in [-0.2, -0.15) is 0 Å². The molecule has 116 valence electrons. The van der Waals surface area contributed by atoms with E-state index in [1.165, 1.54) is 6.42 Å². The van der Waals surface area contributed by atoms with Gasteiger partial charge >= 0.3 is 0 Å². The lowest BCUT2D eigenvalue weighted by atomic mass is 10.00. The first-order valence-corrected chi connectivity index (χ1v) is 7.77. The molecule has 3 rings (SSSR count).